The summed E-state index contributed by atoms with van der Waals surface area (Å²) in [5.41, 5.74) is 0. The van der Waals surface area contributed by atoms with Crippen LogP contribution < -0.4 is 0 Å². The second-order valence-electron chi connectivity index (χ2n) is 5.11. The van der Waals surface area contributed by atoms with Crippen molar-refractivity contribution in [3.63, 3.8) is 0 Å². The van der Waals surface area contributed by atoms with Crippen LogP contribution >= 0.6 is 0 Å². The SMILES string of the molecule is Cn1cc(S(=O)(=O)N2CCN(Cc3ccco3)CC2)cn1. The summed E-state index contributed by atoms with van der Waals surface area (Å²) in [6.45, 7) is 3.07. The van der Waals surface area contributed by atoms with E-state index >= 15 is 0 Å². The third kappa shape index (κ3) is 3.02. The Balaban J connectivity index is 1.63. The maximum atomic E-state index is 12.5. The van der Waals surface area contributed by atoms with Crippen molar-refractivity contribution >= 4 is 10.0 Å². The Kier molecular flexibility index (Phi) is 3.83. The number of furan rings is 1. The Morgan fingerprint density at radius 3 is 2.62 bits per heavy atom. The van der Waals surface area contributed by atoms with Crippen molar-refractivity contribution in [2.75, 3.05) is 26.2 Å². The van der Waals surface area contributed by atoms with E-state index in [1.54, 1.807) is 13.3 Å². The fraction of sp³-hybridized carbons (Fsp3) is 0.462. The van der Waals surface area contributed by atoms with Gasteiger partial charge in [0.25, 0.3) is 0 Å². The van der Waals surface area contributed by atoms with Gasteiger partial charge in [0.15, 0.2) is 0 Å². The number of sulfonamides is 1. The topological polar surface area (TPSA) is 71.6 Å². The molecule has 3 rings (SSSR count). The van der Waals surface area contributed by atoms with Crippen LogP contribution in [0.3, 0.4) is 0 Å². The Morgan fingerprint density at radius 1 is 1.29 bits per heavy atom. The van der Waals surface area contributed by atoms with Crippen LogP contribution in [-0.2, 0) is 23.6 Å². The monoisotopic (exact) mass is 310 g/mol. The van der Waals surface area contributed by atoms with Crippen molar-refractivity contribution < 1.29 is 12.8 Å². The molecule has 0 aliphatic carbocycles. The molecule has 0 unspecified atom stereocenters. The average Bonchev–Trinajstić information content (AvgIpc) is 3.11. The molecule has 114 valence electrons. The van der Waals surface area contributed by atoms with Crippen LogP contribution in [-0.4, -0.2) is 53.6 Å². The molecule has 0 N–H and O–H groups in total. The van der Waals surface area contributed by atoms with Gasteiger partial charge >= 0.3 is 0 Å². The number of aromatic nitrogens is 2. The number of rotatable bonds is 4. The molecule has 0 aromatic carbocycles. The van der Waals surface area contributed by atoms with Crippen molar-refractivity contribution in [3.8, 4) is 0 Å². The maximum absolute atomic E-state index is 12.5. The molecule has 0 amide bonds. The number of hydrogen-bond acceptors (Lipinski definition) is 5. The van der Waals surface area contributed by atoms with Crippen LogP contribution in [0.1, 0.15) is 5.76 Å². The van der Waals surface area contributed by atoms with Gasteiger partial charge in [-0.15, -0.1) is 0 Å². The third-order valence-corrected chi connectivity index (χ3v) is 5.46. The van der Waals surface area contributed by atoms with Gasteiger partial charge in [-0.1, -0.05) is 0 Å². The lowest BCUT2D eigenvalue weighted by molar-refractivity contribution is 0.171. The highest BCUT2D eigenvalue weighted by Gasteiger charge is 2.29. The first kappa shape index (κ1) is 14.3. The number of nitrogens with zero attached hydrogens (tertiary/aromatic N) is 4. The van der Waals surface area contributed by atoms with Gasteiger partial charge in [-0.25, -0.2) is 8.42 Å². The molecule has 1 aliphatic heterocycles. The van der Waals surface area contributed by atoms with Crippen LogP contribution in [0.4, 0.5) is 0 Å². The molecule has 0 spiro atoms. The first-order valence-corrected chi connectivity index (χ1v) is 8.23. The maximum Gasteiger partial charge on any atom is 0.246 e. The van der Waals surface area contributed by atoms with Gasteiger partial charge in [0, 0.05) is 39.4 Å². The molecular formula is C13H18N4O3S. The van der Waals surface area contributed by atoms with E-state index in [1.165, 1.54) is 21.4 Å². The lowest BCUT2D eigenvalue weighted by Gasteiger charge is -2.33. The summed E-state index contributed by atoms with van der Waals surface area (Å²) in [4.78, 5) is 2.44. The summed E-state index contributed by atoms with van der Waals surface area (Å²) < 4.78 is 33.3. The van der Waals surface area contributed by atoms with Gasteiger partial charge in [0.1, 0.15) is 10.7 Å². The van der Waals surface area contributed by atoms with Gasteiger partial charge in [-0.2, -0.15) is 9.40 Å². The summed E-state index contributed by atoms with van der Waals surface area (Å²) in [5, 5.41) is 3.93. The summed E-state index contributed by atoms with van der Waals surface area (Å²) in [6.07, 6.45) is 4.58. The second-order valence-corrected chi connectivity index (χ2v) is 7.05. The first-order valence-electron chi connectivity index (χ1n) is 6.79. The number of aryl methyl sites for hydroxylation is 1. The Labute approximate surface area is 123 Å². The average molecular weight is 310 g/mol. The third-order valence-electron chi connectivity index (χ3n) is 3.61. The Hall–Kier alpha value is -1.64. The van der Waals surface area contributed by atoms with Gasteiger partial charge in [-0.05, 0) is 12.1 Å². The highest BCUT2D eigenvalue weighted by Crippen LogP contribution is 2.17. The van der Waals surface area contributed by atoms with Gasteiger partial charge in [0.05, 0.1) is 19.0 Å². The van der Waals surface area contributed by atoms with E-state index in [0.29, 0.717) is 32.7 Å². The van der Waals surface area contributed by atoms with Crippen LogP contribution in [0.2, 0.25) is 0 Å². The molecular weight excluding hydrogens is 292 g/mol. The predicted molar refractivity (Wildman–Crippen MR) is 76.0 cm³/mol. The minimum absolute atomic E-state index is 0.254. The predicted octanol–water partition coefficient (Wildman–Crippen LogP) is 0.520. The van der Waals surface area contributed by atoms with Crippen LogP contribution in [0.25, 0.3) is 0 Å². The molecule has 0 atom stereocenters. The molecule has 0 radical (unpaired) electrons. The molecule has 2 aromatic heterocycles. The fourth-order valence-electron chi connectivity index (χ4n) is 2.43. The minimum atomic E-state index is -3.43. The fourth-order valence-corrected chi connectivity index (χ4v) is 3.84. The van der Waals surface area contributed by atoms with Crippen LogP contribution in [0.15, 0.2) is 40.1 Å². The highest BCUT2D eigenvalue weighted by atomic mass is 32.2. The molecule has 0 bridgehead atoms. The van der Waals surface area contributed by atoms with Crippen LogP contribution in [0.5, 0.6) is 0 Å². The summed E-state index contributed by atoms with van der Waals surface area (Å²) in [7, 11) is -1.72. The first-order chi connectivity index (χ1) is 10.1. The standard InChI is InChI=1S/C13H18N4O3S/c1-15-11-13(9-14-15)21(18,19)17-6-4-16(5-7-17)10-12-3-2-8-20-12/h2-3,8-9,11H,4-7,10H2,1H3. The van der Waals surface area contributed by atoms with E-state index in [0.717, 1.165) is 5.76 Å². The minimum Gasteiger partial charge on any atom is -0.468 e. The zero-order valence-electron chi connectivity index (χ0n) is 11.8. The zero-order chi connectivity index (χ0) is 14.9. The van der Waals surface area contributed by atoms with Gasteiger partial charge in [0.2, 0.25) is 10.0 Å². The largest absolute Gasteiger partial charge is 0.468 e. The van der Waals surface area contributed by atoms with E-state index in [2.05, 4.69) is 10.00 Å². The van der Waals surface area contributed by atoms with Crippen molar-refractivity contribution in [3.05, 3.63) is 36.5 Å². The van der Waals surface area contributed by atoms with Crippen molar-refractivity contribution in [2.24, 2.45) is 7.05 Å². The van der Waals surface area contributed by atoms with Gasteiger partial charge < -0.3 is 4.42 Å². The second kappa shape index (κ2) is 5.63. The smallest absolute Gasteiger partial charge is 0.246 e. The van der Waals surface area contributed by atoms with Gasteiger partial charge in [-0.3, -0.25) is 9.58 Å². The quantitative estimate of drug-likeness (QED) is 0.823. The molecule has 3 heterocycles. The summed E-state index contributed by atoms with van der Waals surface area (Å²) >= 11 is 0. The molecule has 1 saturated heterocycles. The van der Waals surface area contributed by atoms with E-state index in [-0.39, 0.29) is 4.90 Å². The molecule has 21 heavy (non-hydrogen) atoms. The number of piperazine rings is 1. The Bertz CT molecular complexity index is 685. The number of hydrogen-bond donors (Lipinski definition) is 0. The molecule has 1 aliphatic rings. The zero-order valence-corrected chi connectivity index (χ0v) is 12.7. The van der Waals surface area contributed by atoms with E-state index in [1.807, 2.05) is 12.1 Å². The van der Waals surface area contributed by atoms with Crippen molar-refractivity contribution in [1.82, 2.24) is 19.0 Å². The van der Waals surface area contributed by atoms with Crippen molar-refractivity contribution in [1.29, 1.82) is 0 Å². The Morgan fingerprint density at radius 2 is 2.05 bits per heavy atom. The lowest BCUT2D eigenvalue weighted by atomic mass is 10.3. The molecule has 0 saturated carbocycles. The molecule has 8 heteroatoms. The normalized spacial score (nSPS) is 18.1. The highest BCUT2D eigenvalue weighted by molar-refractivity contribution is 7.89. The van der Waals surface area contributed by atoms with Crippen LogP contribution in [0, 0.1) is 0 Å². The summed E-state index contributed by atoms with van der Waals surface area (Å²) in [5.74, 6) is 0.901. The summed E-state index contributed by atoms with van der Waals surface area (Å²) in [6, 6.07) is 3.79. The molecule has 7 nitrogen and oxygen atoms in total. The molecule has 1 fully saturated rings. The van der Waals surface area contributed by atoms with E-state index in [4.69, 9.17) is 4.42 Å². The lowest BCUT2D eigenvalue weighted by Crippen LogP contribution is -2.48. The molecule has 2 aromatic rings. The van der Waals surface area contributed by atoms with Crippen molar-refractivity contribution in [2.45, 2.75) is 11.4 Å². The van der Waals surface area contributed by atoms with E-state index in [9.17, 15) is 8.42 Å². The van der Waals surface area contributed by atoms with E-state index < -0.39 is 10.0 Å².